The summed E-state index contributed by atoms with van der Waals surface area (Å²) in [7, 11) is -1.50. The summed E-state index contributed by atoms with van der Waals surface area (Å²) in [5.41, 5.74) is 2.79. The maximum Gasteiger partial charge on any atom is 0.253 e. The van der Waals surface area contributed by atoms with E-state index in [2.05, 4.69) is 29.2 Å². The van der Waals surface area contributed by atoms with E-state index in [0.717, 1.165) is 24.9 Å². The van der Waals surface area contributed by atoms with E-state index in [-0.39, 0.29) is 10.8 Å². The molecule has 2 aromatic carbocycles. The maximum absolute atomic E-state index is 12.6. The molecule has 1 aliphatic heterocycles. The fourth-order valence-electron chi connectivity index (χ4n) is 3.38. The van der Waals surface area contributed by atoms with E-state index in [1.54, 1.807) is 24.1 Å². The monoisotopic (exact) mass is 386 g/mol. The van der Waals surface area contributed by atoms with Crippen molar-refractivity contribution in [3.8, 4) is 0 Å². The number of nitrogens with zero attached hydrogens (tertiary/aromatic N) is 2. The molecule has 1 amide bonds. The van der Waals surface area contributed by atoms with Crippen LogP contribution in [0.5, 0.6) is 0 Å². The van der Waals surface area contributed by atoms with Crippen LogP contribution in [0.25, 0.3) is 0 Å². The highest BCUT2D eigenvalue weighted by molar-refractivity contribution is 7.90. The van der Waals surface area contributed by atoms with Crippen molar-refractivity contribution in [3.05, 3.63) is 59.7 Å². The van der Waals surface area contributed by atoms with Gasteiger partial charge in [0.1, 0.15) is 0 Å². The minimum Gasteiger partial charge on any atom is -0.372 e. The van der Waals surface area contributed by atoms with Crippen LogP contribution in [0.1, 0.15) is 35.2 Å². The van der Waals surface area contributed by atoms with Gasteiger partial charge in [-0.1, -0.05) is 12.1 Å². The Kier molecular flexibility index (Phi) is 5.85. The molecule has 5 nitrogen and oxygen atoms in total. The third kappa shape index (κ3) is 4.89. The van der Waals surface area contributed by atoms with Crippen LogP contribution in [0.15, 0.2) is 53.4 Å². The molecule has 3 rings (SSSR count). The first-order chi connectivity index (χ1) is 12.8. The number of benzene rings is 2. The van der Waals surface area contributed by atoms with Crippen molar-refractivity contribution >= 4 is 21.4 Å². The predicted molar refractivity (Wildman–Crippen MR) is 108 cm³/mol. The van der Waals surface area contributed by atoms with Crippen molar-refractivity contribution in [1.82, 2.24) is 4.90 Å². The van der Waals surface area contributed by atoms with E-state index in [0.29, 0.717) is 12.1 Å². The molecule has 0 radical (unpaired) electrons. The Hall–Kier alpha value is -2.34. The summed E-state index contributed by atoms with van der Waals surface area (Å²) in [6.07, 6.45) is 4.96. The minimum atomic E-state index is -3.26. The third-order valence-corrected chi connectivity index (χ3v) is 6.08. The molecule has 1 aliphatic rings. The van der Waals surface area contributed by atoms with Crippen molar-refractivity contribution in [1.29, 1.82) is 0 Å². The molecule has 2 aromatic rings. The summed E-state index contributed by atoms with van der Waals surface area (Å²) in [5.74, 6) is -0.129. The van der Waals surface area contributed by atoms with Gasteiger partial charge in [0.15, 0.2) is 9.84 Å². The number of anilines is 1. The molecule has 6 heteroatoms. The highest BCUT2D eigenvalue weighted by Gasteiger charge is 2.15. The Balaban J connectivity index is 1.64. The Bertz CT molecular complexity index is 884. The molecule has 0 bridgehead atoms. The molecule has 27 heavy (non-hydrogen) atoms. The summed E-state index contributed by atoms with van der Waals surface area (Å²) in [5, 5.41) is 0. The van der Waals surface area contributed by atoms with Crippen molar-refractivity contribution in [2.45, 2.75) is 30.7 Å². The SMILES string of the molecule is CN(Cc1ccc(N2CCCCC2)cc1)C(=O)c1ccc(S(C)(=O)=O)cc1. The fraction of sp³-hybridized carbons (Fsp3) is 0.381. The van der Waals surface area contributed by atoms with Crippen molar-refractivity contribution < 1.29 is 13.2 Å². The Labute approximate surface area is 161 Å². The molecule has 1 fully saturated rings. The number of amides is 1. The van der Waals surface area contributed by atoms with E-state index in [1.165, 1.54) is 37.1 Å². The van der Waals surface area contributed by atoms with Gasteiger partial charge in [-0.3, -0.25) is 4.79 Å². The smallest absolute Gasteiger partial charge is 0.253 e. The molecule has 1 saturated heterocycles. The van der Waals surface area contributed by atoms with Gasteiger partial charge >= 0.3 is 0 Å². The van der Waals surface area contributed by atoms with Crippen LogP contribution in [-0.2, 0) is 16.4 Å². The van der Waals surface area contributed by atoms with Gasteiger partial charge in [-0.25, -0.2) is 8.42 Å². The summed E-state index contributed by atoms with van der Waals surface area (Å²) in [6, 6.07) is 14.5. The van der Waals surface area contributed by atoms with Gasteiger partial charge in [0, 0.05) is 44.2 Å². The Morgan fingerprint density at radius 2 is 1.56 bits per heavy atom. The number of rotatable bonds is 5. The van der Waals surface area contributed by atoms with Crippen LogP contribution in [0, 0.1) is 0 Å². The van der Waals surface area contributed by atoms with Crippen molar-refractivity contribution in [2.24, 2.45) is 0 Å². The zero-order valence-corrected chi connectivity index (χ0v) is 16.7. The van der Waals surface area contributed by atoms with E-state index in [1.807, 2.05) is 0 Å². The number of hydrogen-bond acceptors (Lipinski definition) is 4. The summed E-state index contributed by atoms with van der Waals surface area (Å²) >= 11 is 0. The first-order valence-corrected chi connectivity index (χ1v) is 11.1. The molecule has 0 saturated carbocycles. The number of piperidine rings is 1. The average molecular weight is 387 g/mol. The highest BCUT2D eigenvalue weighted by atomic mass is 32.2. The number of carbonyl (C=O) groups is 1. The first-order valence-electron chi connectivity index (χ1n) is 9.24. The zero-order chi connectivity index (χ0) is 19.4. The Morgan fingerprint density at radius 3 is 2.11 bits per heavy atom. The Morgan fingerprint density at radius 1 is 0.963 bits per heavy atom. The lowest BCUT2D eigenvalue weighted by molar-refractivity contribution is 0.0785. The molecule has 0 unspecified atom stereocenters. The van der Waals surface area contributed by atoms with Crippen molar-refractivity contribution in [2.75, 3.05) is 31.3 Å². The molecule has 0 aromatic heterocycles. The number of hydrogen-bond donors (Lipinski definition) is 0. The highest BCUT2D eigenvalue weighted by Crippen LogP contribution is 2.21. The number of carbonyl (C=O) groups excluding carboxylic acids is 1. The zero-order valence-electron chi connectivity index (χ0n) is 15.9. The van der Waals surface area contributed by atoms with Gasteiger partial charge in [0.05, 0.1) is 4.90 Å². The first kappa shape index (κ1) is 19.4. The van der Waals surface area contributed by atoms with E-state index in [4.69, 9.17) is 0 Å². The lowest BCUT2D eigenvalue weighted by atomic mass is 10.1. The molecule has 0 aliphatic carbocycles. The van der Waals surface area contributed by atoms with Crippen LogP contribution in [0.4, 0.5) is 5.69 Å². The fourth-order valence-corrected chi connectivity index (χ4v) is 4.01. The van der Waals surface area contributed by atoms with Crippen molar-refractivity contribution in [3.63, 3.8) is 0 Å². The quantitative estimate of drug-likeness (QED) is 0.791. The second-order valence-corrected chi connectivity index (χ2v) is 9.19. The maximum atomic E-state index is 12.6. The molecular weight excluding hydrogens is 360 g/mol. The average Bonchev–Trinajstić information content (AvgIpc) is 2.68. The largest absolute Gasteiger partial charge is 0.372 e. The standard InChI is InChI=1S/C21H26N2O3S/c1-22(21(24)18-8-12-20(13-9-18)27(2,25)26)16-17-6-10-19(11-7-17)23-14-4-3-5-15-23/h6-13H,3-5,14-16H2,1-2H3. The van der Waals surface area contributed by atoms with E-state index < -0.39 is 9.84 Å². The lowest BCUT2D eigenvalue weighted by Gasteiger charge is -2.29. The van der Waals surface area contributed by atoms with Crippen LogP contribution < -0.4 is 4.90 Å². The van der Waals surface area contributed by atoms with E-state index in [9.17, 15) is 13.2 Å². The van der Waals surface area contributed by atoms with Crippen LogP contribution in [0.3, 0.4) is 0 Å². The van der Waals surface area contributed by atoms with Gasteiger partial charge in [0.2, 0.25) is 0 Å². The van der Waals surface area contributed by atoms with Gasteiger partial charge in [-0.2, -0.15) is 0 Å². The summed E-state index contributed by atoms with van der Waals surface area (Å²) < 4.78 is 23.1. The lowest BCUT2D eigenvalue weighted by Crippen LogP contribution is -2.29. The summed E-state index contributed by atoms with van der Waals surface area (Å²) in [4.78, 5) is 16.9. The molecule has 0 atom stereocenters. The molecule has 1 heterocycles. The second kappa shape index (κ2) is 8.13. The van der Waals surface area contributed by atoms with Gasteiger partial charge in [-0.05, 0) is 61.2 Å². The molecule has 0 spiro atoms. The predicted octanol–water partition coefficient (Wildman–Crippen LogP) is 3.35. The molecular formula is C21H26N2O3S. The van der Waals surface area contributed by atoms with E-state index >= 15 is 0 Å². The van der Waals surface area contributed by atoms with Crippen LogP contribution in [-0.4, -0.2) is 45.6 Å². The van der Waals surface area contributed by atoms with Gasteiger partial charge < -0.3 is 9.80 Å². The normalized spacial score (nSPS) is 14.8. The molecule has 0 N–H and O–H groups in total. The summed E-state index contributed by atoms with van der Waals surface area (Å²) in [6.45, 7) is 2.73. The van der Waals surface area contributed by atoms with Crippen LogP contribution in [0.2, 0.25) is 0 Å². The minimum absolute atomic E-state index is 0.129. The molecule has 144 valence electrons. The van der Waals surface area contributed by atoms with Crippen LogP contribution >= 0.6 is 0 Å². The van der Waals surface area contributed by atoms with Gasteiger partial charge in [-0.15, -0.1) is 0 Å². The third-order valence-electron chi connectivity index (χ3n) is 4.95. The topological polar surface area (TPSA) is 57.7 Å². The van der Waals surface area contributed by atoms with Gasteiger partial charge in [0.25, 0.3) is 5.91 Å². The second-order valence-electron chi connectivity index (χ2n) is 7.17. The number of sulfone groups is 1.